The fourth-order valence-corrected chi connectivity index (χ4v) is 3.35. The van der Waals surface area contributed by atoms with Gasteiger partial charge in [-0.3, -0.25) is 9.59 Å². The highest BCUT2D eigenvalue weighted by Gasteiger charge is 2.23. The van der Waals surface area contributed by atoms with E-state index in [4.69, 9.17) is 5.26 Å². The number of carbonyl (C=O) groups is 2. The van der Waals surface area contributed by atoms with Gasteiger partial charge in [-0.1, -0.05) is 24.3 Å². The van der Waals surface area contributed by atoms with Gasteiger partial charge in [-0.2, -0.15) is 5.26 Å². The van der Waals surface area contributed by atoms with Crippen LogP contribution in [0.15, 0.2) is 48.5 Å². The second kappa shape index (κ2) is 7.83. The first-order valence-corrected chi connectivity index (χ1v) is 8.76. The Morgan fingerprint density at radius 2 is 2.00 bits per heavy atom. The standard InChI is InChI=1S/C21H21N3O2/c1-16(25)23(19-9-4-6-17(14-19)15-22)13-11-21(26)24-12-5-8-18-7-2-3-10-20(18)24/h2-4,6-7,9-10,14H,5,8,11-13H2,1H3. The van der Waals surface area contributed by atoms with Gasteiger partial charge in [0.05, 0.1) is 11.6 Å². The zero-order valence-electron chi connectivity index (χ0n) is 14.8. The Morgan fingerprint density at radius 3 is 2.77 bits per heavy atom. The summed E-state index contributed by atoms with van der Waals surface area (Å²) < 4.78 is 0. The van der Waals surface area contributed by atoms with E-state index in [0.717, 1.165) is 18.5 Å². The molecule has 3 rings (SSSR count). The molecule has 0 bridgehead atoms. The molecule has 26 heavy (non-hydrogen) atoms. The summed E-state index contributed by atoms with van der Waals surface area (Å²) in [6.07, 6.45) is 2.18. The van der Waals surface area contributed by atoms with Gasteiger partial charge in [-0.15, -0.1) is 0 Å². The van der Waals surface area contributed by atoms with Crippen LogP contribution >= 0.6 is 0 Å². The van der Waals surface area contributed by atoms with Gasteiger partial charge < -0.3 is 9.80 Å². The van der Waals surface area contributed by atoms with E-state index in [9.17, 15) is 9.59 Å². The molecule has 1 aliphatic rings. The minimum Gasteiger partial charge on any atom is -0.312 e. The van der Waals surface area contributed by atoms with Crippen molar-refractivity contribution in [2.24, 2.45) is 0 Å². The number of rotatable bonds is 4. The molecule has 0 unspecified atom stereocenters. The van der Waals surface area contributed by atoms with E-state index in [1.807, 2.05) is 23.1 Å². The smallest absolute Gasteiger partial charge is 0.228 e. The van der Waals surface area contributed by atoms with Crippen LogP contribution in [0, 0.1) is 11.3 Å². The first kappa shape index (κ1) is 17.7. The van der Waals surface area contributed by atoms with Gasteiger partial charge in [0.2, 0.25) is 11.8 Å². The quantitative estimate of drug-likeness (QED) is 0.852. The summed E-state index contributed by atoms with van der Waals surface area (Å²) in [6, 6.07) is 16.9. The van der Waals surface area contributed by atoms with E-state index in [-0.39, 0.29) is 18.2 Å². The number of hydrogen-bond donors (Lipinski definition) is 0. The van der Waals surface area contributed by atoms with Crippen LogP contribution in [0.4, 0.5) is 11.4 Å². The number of amides is 2. The van der Waals surface area contributed by atoms with Crippen molar-refractivity contribution in [3.05, 3.63) is 59.7 Å². The number of carbonyl (C=O) groups excluding carboxylic acids is 2. The van der Waals surface area contributed by atoms with Crippen molar-refractivity contribution >= 4 is 23.2 Å². The van der Waals surface area contributed by atoms with Crippen molar-refractivity contribution in [3.8, 4) is 6.07 Å². The van der Waals surface area contributed by atoms with E-state index in [1.165, 1.54) is 12.5 Å². The second-order valence-corrected chi connectivity index (χ2v) is 6.36. The Hall–Kier alpha value is -3.13. The van der Waals surface area contributed by atoms with Gasteiger partial charge in [0.15, 0.2) is 0 Å². The maximum Gasteiger partial charge on any atom is 0.228 e. The zero-order valence-corrected chi connectivity index (χ0v) is 14.8. The largest absolute Gasteiger partial charge is 0.312 e. The van der Waals surface area contributed by atoms with Crippen molar-refractivity contribution in [2.75, 3.05) is 22.9 Å². The summed E-state index contributed by atoms with van der Waals surface area (Å²) in [7, 11) is 0. The minimum atomic E-state index is -0.146. The molecule has 1 aliphatic heterocycles. The fraction of sp³-hybridized carbons (Fsp3) is 0.286. The van der Waals surface area contributed by atoms with Crippen molar-refractivity contribution in [3.63, 3.8) is 0 Å². The molecule has 0 fully saturated rings. The lowest BCUT2D eigenvalue weighted by Crippen LogP contribution is -2.38. The Morgan fingerprint density at radius 1 is 1.19 bits per heavy atom. The van der Waals surface area contributed by atoms with Gasteiger partial charge >= 0.3 is 0 Å². The highest BCUT2D eigenvalue weighted by atomic mass is 16.2. The molecule has 0 radical (unpaired) electrons. The molecule has 0 saturated heterocycles. The number of fused-ring (bicyclic) bond motifs is 1. The van der Waals surface area contributed by atoms with E-state index < -0.39 is 0 Å². The summed E-state index contributed by atoms with van der Waals surface area (Å²) >= 11 is 0. The van der Waals surface area contributed by atoms with E-state index in [1.54, 1.807) is 29.2 Å². The molecule has 1 heterocycles. The van der Waals surface area contributed by atoms with Crippen LogP contribution in [0.2, 0.25) is 0 Å². The average molecular weight is 347 g/mol. The third-order valence-electron chi connectivity index (χ3n) is 4.63. The zero-order chi connectivity index (χ0) is 18.5. The predicted molar refractivity (Wildman–Crippen MR) is 101 cm³/mol. The molecule has 0 aromatic heterocycles. The molecular weight excluding hydrogens is 326 g/mol. The molecule has 2 aromatic rings. The van der Waals surface area contributed by atoms with Crippen LogP contribution in [0.1, 0.15) is 30.9 Å². The van der Waals surface area contributed by atoms with Crippen LogP contribution < -0.4 is 9.80 Å². The van der Waals surface area contributed by atoms with E-state index in [0.29, 0.717) is 24.3 Å². The summed E-state index contributed by atoms with van der Waals surface area (Å²) in [4.78, 5) is 28.2. The molecule has 0 atom stereocenters. The SMILES string of the molecule is CC(=O)N(CCC(=O)N1CCCc2ccccc21)c1cccc(C#N)c1. The van der Waals surface area contributed by atoms with Gasteiger partial charge in [-0.25, -0.2) is 0 Å². The molecule has 5 nitrogen and oxygen atoms in total. The number of anilines is 2. The molecule has 0 N–H and O–H groups in total. The molecule has 0 aliphatic carbocycles. The van der Waals surface area contributed by atoms with Gasteiger partial charge in [-0.05, 0) is 42.7 Å². The van der Waals surface area contributed by atoms with Crippen molar-refractivity contribution in [1.82, 2.24) is 0 Å². The number of para-hydroxylation sites is 1. The monoisotopic (exact) mass is 347 g/mol. The van der Waals surface area contributed by atoms with Crippen molar-refractivity contribution in [1.29, 1.82) is 5.26 Å². The first-order valence-electron chi connectivity index (χ1n) is 8.76. The van der Waals surface area contributed by atoms with Crippen LogP contribution in [-0.2, 0) is 16.0 Å². The highest BCUT2D eigenvalue weighted by Crippen LogP contribution is 2.27. The minimum absolute atomic E-state index is 0.0137. The van der Waals surface area contributed by atoms with Gasteiger partial charge in [0, 0.05) is 37.8 Å². The Bertz CT molecular complexity index is 870. The molecule has 0 saturated carbocycles. The van der Waals surface area contributed by atoms with Gasteiger partial charge in [0.25, 0.3) is 0 Å². The van der Waals surface area contributed by atoms with Crippen molar-refractivity contribution < 1.29 is 9.59 Å². The summed E-state index contributed by atoms with van der Waals surface area (Å²) in [5.74, 6) is -0.133. The molecule has 0 spiro atoms. The lowest BCUT2D eigenvalue weighted by molar-refractivity contribution is -0.118. The van der Waals surface area contributed by atoms with Crippen molar-refractivity contribution in [2.45, 2.75) is 26.2 Å². The summed E-state index contributed by atoms with van der Waals surface area (Å²) in [5.41, 5.74) is 3.30. The van der Waals surface area contributed by atoms with Crippen LogP contribution in [-0.4, -0.2) is 24.9 Å². The highest BCUT2D eigenvalue weighted by molar-refractivity contribution is 5.97. The molecule has 2 aromatic carbocycles. The second-order valence-electron chi connectivity index (χ2n) is 6.36. The van der Waals surface area contributed by atoms with Crippen LogP contribution in [0.5, 0.6) is 0 Å². The number of nitriles is 1. The summed E-state index contributed by atoms with van der Waals surface area (Å²) in [5, 5.41) is 9.05. The third-order valence-corrected chi connectivity index (χ3v) is 4.63. The number of hydrogen-bond acceptors (Lipinski definition) is 3. The lowest BCUT2D eigenvalue weighted by atomic mass is 10.0. The van der Waals surface area contributed by atoms with E-state index in [2.05, 4.69) is 12.1 Å². The third kappa shape index (κ3) is 3.75. The normalized spacial score (nSPS) is 12.8. The number of nitrogens with zero attached hydrogens (tertiary/aromatic N) is 3. The fourth-order valence-electron chi connectivity index (χ4n) is 3.35. The average Bonchev–Trinajstić information content (AvgIpc) is 2.67. The molecular formula is C21H21N3O2. The molecule has 132 valence electrons. The maximum atomic E-state index is 12.8. The molecule has 2 amide bonds. The van der Waals surface area contributed by atoms with Gasteiger partial charge in [0.1, 0.15) is 0 Å². The van der Waals surface area contributed by atoms with Crippen LogP contribution in [0.25, 0.3) is 0 Å². The predicted octanol–water partition coefficient (Wildman–Crippen LogP) is 3.28. The maximum absolute atomic E-state index is 12.8. The Balaban J connectivity index is 1.73. The first-order chi connectivity index (χ1) is 12.6. The Kier molecular flexibility index (Phi) is 5.33. The summed E-state index contributed by atoms with van der Waals surface area (Å²) in [6.45, 7) is 2.47. The van der Waals surface area contributed by atoms with Crippen LogP contribution in [0.3, 0.4) is 0 Å². The molecule has 5 heteroatoms. The topological polar surface area (TPSA) is 64.4 Å². The number of aryl methyl sites for hydroxylation is 1. The number of benzene rings is 2. The van der Waals surface area contributed by atoms with E-state index >= 15 is 0 Å². The Labute approximate surface area is 153 Å². The lowest BCUT2D eigenvalue weighted by Gasteiger charge is -2.30.